The van der Waals surface area contributed by atoms with Crippen molar-refractivity contribution in [1.29, 1.82) is 0 Å². The van der Waals surface area contributed by atoms with Crippen LogP contribution in [-0.2, 0) is 11.2 Å². The Morgan fingerprint density at radius 1 is 1.13 bits per heavy atom. The van der Waals surface area contributed by atoms with Crippen LogP contribution in [0.2, 0.25) is 0 Å². The summed E-state index contributed by atoms with van der Waals surface area (Å²) in [6.07, 6.45) is 9.12. The SMILES string of the molecule is O=C(Cc1ccc(F)cc1F)N1C2CCC1CC(=CC1CC1)C2. The van der Waals surface area contributed by atoms with Crippen LogP contribution in [-0.4, -0.2) is 22.9 Å². The van der Waals surface area contributed by atoms with Crippen molar-refractivity contribution >= 4 is 5.91 Å². The maximum absolute atomic E-state index is 13.8. The lowest BCUT2D eigenvalue weighted by molar-refractivity contribution is -0.134. The van der Waals surface area contributed by atoms with Gasteiger partial charge in [0.05, 0.1) is 6.42 Å². The molecule has 3 fully saturated rings. The third-order valence-electron chi connectivity index (χ3n) is 5.35. The number of carbonyl (C=O) groups is 1. The van der Waals surface area contributed by atoms with E-state index in [4.69, 9.17) is 0 Å². The first-order valence-corrected chi connectivity index (χ1v) is 8.55. The van der Waals surface area contributed by atoms with Gasteiger partial charge in [0.1, 0.15) is 11.6 Å². The summed E-state index contributed by atoms with van der Waals surface area (Å²) in [5.41, 5.74) is 1.80. The van der Waals surface area contributed by atoms with Crippen molar-refractivity contribution in [2.45, 2.75) is 57.0 Å². The summed E-state index contributed by atoms with van der Waals surface area (Å²) in [7, 11) is 0. The molecule has 0 N–H and O–H groups in total. The van der Waals surface area contributed by atoms with Crippen molar-refractivity contribution in [3.05, 3.63) is 47.0 Å². The molecule has 2 unspecified atom stereocenters. The summed E-state index contributed by atoms with van der Waals surface area (Å²) in [5.74, 6) is -0.475. The Bertz CT molecular complexity index is 649. The van der Waals surface area contributed by atoms with Crippen molar-refractivity contribution in [1.82, 2.24) is 4.90 Å². The average Bonchev–Trinajstić information content (AvgIpc) is 3.27. The first-order valence-electron chi connectivity index (χ1n) is 8.55. The van der Waals surface area contributed by atoms with Gasteiger partial charge in [0.25, 0.3) is 0 Å². The molecule has 0 spiro atoms. The van der Waals surface area contributed by atoms with Gasteiger partial charge in [0.2, 0.25) is 5.91 Å². The molecule has 1 amide bonds. The fraction of sp³-hybridized carbons (Fsp3) is 0.526. The van der Waals surface area contributed by atoms with Crippen LogP contribution in [0.25, 0.3) is 0 Å². The van der Waals surface area contributed by atoms with E-state index in [9.17, 15) is 13.6 Å². The summed E-state index contributed by atoms with van der Waals surface area (Å²) in [4.78, 5) is 14.6. The van der Waals surface area contributed by atoms with Crippen LogP contribution in [0.4, 0.5) is 8.78 Å². The lowest BCUT2D eigenvalue weighted by Gasteiger charge is -2.36. The normalized spacial score (nSPS) is 26.5. The third kappa shape index (κ3) is 3.04. The molecular formula is C19H21F2NO. The van der Waals surface area contributed by atoms with E-state index in [0.717, 1.165) is 37.7 Å². The molecule has 2 atom stereocenters. The number of carbonyl (C=O) groups excluding carboxylic acids is 1. The molecule has 0 aromatic heterocycles. The van der Waals surface area contributed by atoms with Gasteiger partial charge in [-0.05, 0) is 56.1 Å². The number of rotatable bonds is 3. The van der Waals surface area contributed by atoms with Crippen LogP contribution in [0.3, 0.4) is 0 Å². The van der Waals surface area contributed by atoms with Gasteiger partial charge in [-0.15, -0.1) is 0 Å². The highest BCUT2D eigenvalue weighted by Gasteiger charge is 2.41. The Balaban J connectivity index is 1.47. The second kappa shape index (κ2) is 5.73. The third-order valence-corrected chi connectivity index (χ3v) is 5.35. The minimum Gasteiger partial charge on any atom is -0.336 e. The van der Waals surface area contributed by atoms with E-state index in [2.05, 4.69) is 6.08 Å². The van der Waals surface area contributed by atoms with E-state index >= 15 is 0 Å². The highest BCUT2D eigenvalue weighted by molar-refractivity contribution is 5.80. The summed E-state index contributed by atoms with van der Waals surface area (Å²) in [5, 5.41) is 0. The van der Waals surface area contributed by atoms with Crippen molar-refractivity contribution in [3.63, 3.8) is 0 Å². The van der Waals surface area contributed by atoms with Crippen LogP contribution in [0.15, 0.2) is 29.8 Å². The van der Waals surface area contributed by atoms with Gasteiger partial charge >= 0.3 is 0 Å². The highest BCUT2D eigenvalue weighted by atomic mass is 19.1. The Kier molecular flexibility index (Phi) is 3.70. The Morgan fingerprint density at radius 2 is 1.83 bits per heavy atom. The van der Waals surface area contributed by atoms with E-state index in [1.54, 1.807) is 0 Å². The number of halogens is 2. The van der Waals surface area contributed by atoms with Crippen molar-refractivity contribution in [3.8, 4) is 0 Å². The minimum absolute atomic E-state index is 0.0199. The highest BCUT2D eigenvalue weighted by Crippen LogP contribution is 2.41. The monoisotopic (exact) mass is 317 g/mol. The summed E-state index contributed by atoms with van der Waals surface area (Å²) >= 11 is 0. The van der Waals surface area contributed by atoms with Gasteiger partial charge in [-0.2, -0.15) is 0 Å². The van der Waals surface area contributed by atoms with E-state index in [-0.39, 0.29) is 30.0 Å². The number of nitrogens with zero attached hydrogens (tertiary/aromatic N) is 1. The molecule has 4 heteroatoms. The molecule has 4 rings (SSSR count). The molecule has 2 heterocycles. The van der Waals surface area contributed by atoms with Crippen molar-refractivity contribution in [2.75, 3.05) is 0 Å². The van der Waals surface area contributed by atoms with Gasteiger partial charge in [-0.25, -0.2) is 8.78 Å². The van der Waals surface area contributed by atoms with Gasteiger partial charge in [-0.1, -0.05) is 17.7 Å². The maximum atomic E-state index is 13.8. The van der Waals surface area contributed by atoms with Crippen LogP contribution < -0.4 is 0 Å². The fourth-order valence-electron chi connectivity index (χ4n) is 4.11. The molecule has 2 nitrogen and oxygen atoms in total. The molecule has 2 aliphatic heterocycles. The van der Waals surface area contributed by atoms with Gasteiger partial charge in [-0.3, -0.25) is 4.79 Å². The lowest BCUT2D eigenvalue weighted by atomic mass is 9.94. The molecule has 3 aliphatic rings. The predicted octanol–water partition coefficient (Wildman–Crippen LogP) is 4.00. The lowest BCUT2D eigenvalue weighted by Crippen LogP contribution is -2.45. The Labute approximate surface area is 135 Å². The smallest absolute Gasteiger partial charge is 0.227 e. The Hall–Kier alpha value is -1.71. The molecular weight excluding hydrogens is 296 g/mol. The molecule has 1 aromatic rings. The molecule has 122 valence electrons. The van der Waals surface area contributed by atoms with E-state index in [0.29, 0.717) is 0 Å². The van der Waals surface area contributed by atoms with Gasteiger partial charge in [0, 0.05) is 18.2 Å². The van der Waals surface area contributed by atoms with Crippen LogP contribution in [0.5, 0.6) is 0 Å². The zero-order chi connectivity index (χ0) is 16.0. The number of hydrogen-bond acceptors (Lipinski definition) is 1. The Morgan fingerprint density at radius 3 is 2.43 bits per heavy atom. The number of allylic oxidation sites excluding steroid dienone is 1. The second-order valence-electron chi connectivity index (χ2n) is 7.17. The van der Waals surface area contributed by atoms with E-state index < -0.39 is 11.6 Å². The van der Waals surface area contributed by atoms with E-state index in [1.165, 1.54) is 30.5 Å². The topological polar surface area (TPSA) is 20.3 Å². The van der Waals surface area contributed by atoms with Gasteiger partial charge in [0.15, 0.2) is 0 Å². The molecule has 1 aliphatic carbocycles. The van der Waals surface area contributed by atoms with Crippen LogP contribution in [0, 0.1) is 17.6 Å². The standard InChI is InChI=1S/C19H21F2NO/c20-15-4-3-14(18(21)11-15)10-19(23)22-16-5-6-17(22)9-13(8-16)7-12-1-2-12/h3-4,7,11-12,16-17H,1-2,5-6,8-10H2. The first-order chi connectivity index (χ1) is 11.1. The average molecular weight is 317 g/mol. The molecule has 2 bridgehead atoms. The van der Waals surface area contributed by atoms with Crippen molar-refractivity contribution in [2.24, 2.45) is 5.92 Å². The maximum Gasteiger partial charge on any atom is 0.227 e. The quantitative estimate of drug-likeness (QED) is 0.772. The summed E-state index contributed by atoms with van der Waals surface area (Å²) in [6.45, 7) is 0. The van der Waals surface area contributed by atoms with Gasteiger partial charge < -0.3 is 4.90 Å². The zero-order valence-corrected chi connectivity index (χ0v) is 13.1. The molecule has 0 radical (unpaired) electrons. The number of piperidine rings is 1. The largest absolute Gasteiger partial charge is 0.336 e. The minimum atomic E-state index is -0.628. The number of amides is 1. The van der Waals surface area contributed by atoms with Crippen LogP contribution >= 0.6 is 0 Å². The van der Waals surface area contributed by atoms with Crippen molar-refractivity contribution < 1.29 is 13.6 Å². The molecule has 1 aromatic carbocycles. The van der Waals surface area contributed by atoms with Crippen LogP contribution in [0.1, 0.15) is 44.1 Å². The molecule has 2 saturated heterocycles. The zero-order valence-electron chi connectivity index (χ0n) is 13.1. The number of fused-ring (bicyclic) bond motifs is 2. The fourth-order valence-corrected chi connectivity index (χ4v) is 4.11. The molecule has 23 heavy (non-hydrogen) atoms. The number of benzene rings is 1. The summed E-state index contributed by atoms with van der Waals surface area (Å²) in [6, 6.07) is 3.99. The first kappa shape index (κ1) is 14.9. The summed E-state index contributed by atoms with van der Waals surface area (Å²) < 4.78 is 26.8. The molecule has 1 saturated carbocycles. The number of hydrogen-bond donors (Lipinski definition) is 0. The van der Waals surface area contributed by atoms with E-state index in [1.807, 2.05) is 4.90 Å². The predicted molar refractivity (Wildman–Crippen MR) is 83.8 cm³/mol. The second-order valence-corrected chi connectivity index (χ2v) is 7.17.